The fourth-order valence-electron chi connectivity index (χ4n) is 4.27. The van der Waals surface area contributed by atoms with Crippen LogP contribution in [0.15, 0.2) is 53.4 Å². The van der Waals surface area contributed by atoms with Crippen LogP contribution in [0.4, 0.5) is 0 Å². The second-order valence-corrected chi connectivity index (χ2v) is 10.00. The van der Waals surface area contributed by atoms with Gasteiger partial charge in [-0.25, -0.2) is 15.0 Å². The van der Waals surface area contributed by atoms with Gasteiger partial charge in [0.05, 0.1) is 10.6 Å². The number of aryl methyl sites for hydroxylation is 2. The Morgan fingerprint density at radius 3 is 2.84 bits per heavy atom. The summed E-state index contributed by atoms with van der Waals surface area (Å²) in [6, 6.07) is 12.5. The number of thiophene rings is 1. The van der Waals surface area contributed by atoms with Gasteiger partial charge in [-0.1, -0.05) is 35.9 Å². The zero-order chi connectivity index (χ0) is 22.1. The van der Waals surface area contributed by atoms with E-state index in [-0.39, 0.29) is 11.8 Å². The first kappa shape index (κ1) is 21.0. The Hall–Kier alpha value is -2.90. The molecule has 3 aromatic heterocycles. The van der Waals surface area contributed by atoms with Crippen molar-refractivity contribution in [3.63, 3.8) is 0 Å². The highest BCUT2D eigenvalue weighted by molar-refractivity contribution is 7.20. The first-order valence-corrected chi connectivity index (χ1v) is 12.5. The van der Waals surface area contributed by atoms with E-state index in [1.54, 1.807) is 11.3 Å². The van der Waals surface area contributed by atoms with E-state index in [2.05, 4.69) is 41.2 Å². The number of carbonyl (C=O) groups is 1. The molecule has 0 spiro atoms. The smallest absolute Gasteiger partial charge is 0.273 e. The average Bonchev–Trinajstić information content (AvgIpc) is 3.51. The van der Waals surface area contributed by atoms with Gasteiger partial charge in [-0.2, -0.15) is 0 Å². The van der Waals surface area contributed by atoms with Crippen molar-refractivity contribution in [1.29, 1.82) is 0 Å². The van der Waals surface area contributed by atoms with Crippen LogP contribution in [0, 0.1) is 13.8 Å². The van der Waals surface area contributed by atoms with E-state index in [9.17, 15) is 4.79 Å². The molecule has 1 aliphatic rings. The number of thiazole rings is 1. The first-order chi connectivity index (χ1) is 15.6. The Morgan fingerprint density at radius 2 is 2.03 bits per heavy atom. The Labute approximate surface area is 195 Å². The van der Waals surface area contributed by atoms with E-state index in [0.29, 0.717) is 12.2 Å². The van der Waals surface area contributed by atoms with Crippen LogP contribution in [0.25, 0.3) is 21.0 Å². The lowest BCUT2D eigenvalue weighted by atomic mass is 9.89. The molecule has 4 aromatic rings. The summed E-state index contributed by atoms with van der Waals surface area (Å²) < 4.78 is 0. The van der Waals surface area contributed by atoms with Crippen molar-refractivity contribution in [3.05, 3.63) is 76.1 Å². The Morgan fingerprint density at radius 1 is 1.12 bits per heavy atom. The van der Waals surface area contributed by atoms with Crippen LogP contribution in [-0.4, -0.2) is 38.8 Å². The quantitative estimate of drug-likeness (QED) is 0.377. The molecule has 32 heavy (non-hydrogen) atoms. The van der Waals surface area contributed by atoms with Crippen molar-refractivity contribution in [2.24, 2.45) is 0 Å². The standard InChI is InChI=1S/C25H24N4OS2/c1-16-6-3-7-18(12-16)20-13-26-17(2)27-23(20)19-8-4-10-29(14-19)25(30)21-15-32-24(28-21)22-9-5-11-31-22/h3,5-7,9,11-13,15,19H,4,8,10,14H2,1-2H3. The van der Waals surface area contributed by atoms with Crippen LogP contribution < -0.4 is 0 Å². The molecule has 1 fully saturated rings. The molecule has 1 unspecified atom stereocenters. The van der Waals surface area contributed by atoms with E-state index in [1.165, 1.54) is 16.9 Å². The maximum Gasteiger partial charge on any atom is 0.273 e. The van der Waals surface area contributed by atoms with E-state index in [0.717, 1.165) is 51.9 Å². The van der Waals surface area contributed by atoms with Crippen LogP contribution in [-0.2, 0) is 0 Å². The summed E-state index contributed by atoms with van der Waals surface area (Å²) >= 11 is 3.18. The van der Waals surface area contributed by atoms with Gasteiger partial charge in [-0.05, 0) is 43.7 Å². The zero-order valence-electron chi connectivity index (χ0n) is 18.1. The summed E-state index contributed by atoms with van der Waals surface area (Å²) in [7, 11) is 0. The third-order valence-electron chi connectivity index (χ3n) is 5.82. The molecule has 0 radical (unpaired) electrons. The molecule has 4 heterocycles. The van der Waals surface area contributed by atoms with Crippen molar-refractivity contribution in [2.75, 3.05) is 13.1 Å². The van der Waals surface area contributed by atoms with Crippen molar-refractivity contribution in [3.8, 4) is 21.0 Å². The molecule has 1 saturated heterocycles. The van der Waals surface area contributed by atoms with Crippen LogP contribution in [0.1, 0.15) is 46.3 Å². The molecule has 1 aromatic carbocycles. The third kappa shape index (κ3) is 4.23. The fraction of sp³-hybridized carbons (Fsp3) is 0.280. The van der Waals surface area contributed by atoms with Gasteiger partial charge in [0.25, 0.3) is 5.91 Å². The van der Waals surface area contributed by atoms with Gasteiger partial charge in [-0.3, -0.25) is 4.79 Å². The highest BCUT2D eigenvalue weighted by Gasteiger charge is 2.29. The highest BCUT2D eigenvalue weighted by Crippen LogP contribution is 2.34. The Kier molecular flexibility index (Phi) is 5.85. The lowest BCUT2D eigenvalue weighted by molar-refractivity contribution is 0.0701. The van der Waals surface area contributed by atoms with Crippen LogP contribution in [0.2, 0.25) is 0 Å². The van der Waals surface area contributed by atoms with Gasteiger partial charge < -0.3 is 4.90 Å². The maximum atomic E-state index is 13.3. The lowest BCUT2D eigenvalue weighted by Gasteiger charge is -2.33. The predicted octanol–water partition coefficient (Wildman–Crippen LogP) is 5.97. The molecular formula is C25H24N4OS2. The molecule has 0 N–H and O–H groups in total. The van der Waals surface area contributed by atoms with Crippen molar-refractivity contribution >= 4 is 28.6 Å². The molecule has 0 bridgehead atoms. The number of rotatable bonds is 4. The van der Waals surface area contributed by atoms with Crippen molar-refractivity contribution < 1.29 is 4.79 Å². The number of piperidine rings is 1. The van der Waals surface area contributed by atoms with Crippen LogP contribution in [0.3, 0.4) is 0 Å². The monoisotopic (exact) mass is 460 g/mol. The van der Waals surface area contributed by atoms with E-state index in [1.807, 2.05) is 40.9 Å². The summed E-state index contributed by atoms with van der Waals surface area (Å²) in [6.07, 6.45) is 3.89. The van der Waals surface area contributed by atoms with E-state index in [4.69, 9.17) is 4.98 Å². The topological polar surface area (TPSA) is 59.0 Å². The number of likely N-dealkylation sites (tertiary alicyclic amines) is 1. The maximum absolute atomic E-state index is 13.3. The minimum absolute atomic E-state index is 0.0108. The number of carbonyl (C=O) groups excluding carboxylic acids is 1. The van der Waals surface area contributed by atoms with Crippen LogP contribution in [0.5, 0.6) is 0 Å². The summed E-state index contributed by atoms with van der Waals surface area (Å²) in [5.74, 6) is 0.955. The minimum Gasteiger partial charge on any atom is -0.337 e. The Balaban J connectivity index is 1.41. The number of aromatic nitrogens is 3. The molecule has 1 amide bonds. The van der Waals surface area contributed by atoms with Gasteiger partial charge in [0.1, 0.15) is 16.5 Å². The fourth-order valence-corrected chi connectivity index (χ4v) is 5.87. The Bertz CT molecular complexity index is 1250. The second-order valence-electron chi connectivity index (χ2n) is 8.19. The molecular weight excluding hydrogens is 436 g/mol. The van der Waals surface area contributed by atoms with Gasteiger partial charge in [0.2, 0.25) is 0 Å². The summed E-state index contributed by atoms with van der Waals surface area (Å²) in [5, 5.41) is 4.82. The van der Waals surface area contributed by atoms with Gasteiger partial charge in [0.15, 0.2) is 0 Å². The molecule has 0 saturated carbocycles. The summed E-state index contributed by atoms with van der Waals surface area (Å²) in [4.78, 5) is 30.3. The summed E-state index contributed by atoms with van der Waals surface area (Å²) in [6.45, 7) is 5.43. The highest BCUT2D eigenvalue weighted by atomic mass is 32.1. The van der Waals surface area contributed by atoms with Crippen molar-refractivity contribution in [1.82, 2.24) is 19.9 Å². The number of hydrogen-bond acceptors (Lipinski definition) is 6. The molecule has 0 aliphatic carbocycles. The van der Waals surface area contributed by atoms with Gasteiger partial charge in [0, 0.05) is 36.1 Å². The zero-order valence-corrected chi connectivity index (χ0v) is 19.7. The molecule has 1 atom stereocenters. The van der Waals surface area contributed by atoms with Gasteiger partial charge >= 0.3 is 0 Å². The van der Waals surface area contributed by atoms with Crippen molar-refractivity contribution in [2.45, 2.75) is 32.6 Å². The van der Waals surface area contributed by atoms with Gasteiger partial charge in [-0.15, -0.1) is 22.7 Å². The first-order valence-electron chi connectivity index (χ1n) is 10.8. The van der Waals surface area contributed by atoms with E-state index < -0.39 is 0 Å². The molecule has 162 valence electrons. The van der Waals surface area contributed by atoms with E-state index >= 15 is 0 Å². The summed E-state index contributed by atoms with van der Waals surface area (Å²) in [5.41, 5.74) is 4.98. The number of hydrogen-bond donors (Lipinski definition) is 0. The number of benzene rings is 1. The predicted molar refractivity (Wildman–Crippen MR) is 130 cm³/mol. The van der Waals surface area contributed by atoms with Crippen LogP contribution >= 0.6 is 22.7 Å². The average molecular weight is 461 g/mol. The minimum atomic E-state index is 0.0108. The largest absolute Gasteiger partial charge is 0.337 e. The SMILES string of the molecule is Cc1cccc(-c2cnc(C)nc2C2CCCN(C(=O)c3csc(-c4cccs4)n3)C2)c1. The molecule has 5 rings (SSSR count). The molecule has 5 nitrogen and oxygen atoms in total. The molecule has 1 aliphatic heterocycles. The number of amides is 1. The normalized spacial score (nSPS) is 16.3. The second kappa shape index (κ2) is 8.92. The third-order valence-corrected chi connectivity index (χ3v) is 7.70. The molecule has 7 heteroatoms. The lowest BCUT2D eigenvalue weighted by Crippen LogP contribution is -2.39. The number of nitrogens with zero attached hydrogens (tertiary/aromatic N) is 4.